The first-order valence-electron chi connectivity index (χ1n) is 6.12. The van der Waals surface area contributed by atoms with Crippen LogP contribution in [0.4, 0.5) is 0 Å². The summed E-state index contributed by atoms with van der Waals surface area (Å²) in [7, 11) is 3.34. The molecule has 0 saturated heterocycles. The molecule has 0 fully saturated rings. The van der Waals surface area contributed by atoms with Crippen LogP contribution in [0.5, 0.6) is 5.75 Å². The van der Waals surface area contributed by atoms with E-state index in [0.717, 1.165) is 16.9 Å². The van der Waals surface area contributed by atoms with Crippen molar-refractivity contribution in [2.75, 3.05) is 14.2 Å². The van der Waals surface area contributed by atoms with Gasteiger partial charge in [0.2, 0.25) is 5.91 Å². The molecule has 0 aliphatic carbocycles. The van der Waals surface area contributed by atoms with E-state index in [1.165, 1.54) is 0 Å². The zero-order chi connectivity index (χ0) is 14.6. The van der Waals surface area contributed by atoms with Crippen molar-refractivity contribution in [1.29, 1.82) is 5.26 Å². The van der Waals surface area contributed by atoms with Gasteiger partial charge in [0, 0.05) is 13.6 Å². The van der Waals surface area contributed by atoms with Crippen molar-refractivity contribution in [2.45, 2.75) is 27.3 Å². The van der Waals surface area contributed by atoms with Crippen LogP contribution in [-0.2, 0) is 11.3 Å². The van der Waals surface area contributed by atoms with E-state index in [2.05, 4.69) is 0 Å². The predicted molar refractivity (Wildman–Crippen MR) is 73.6 cm³/mol. The summed E-state index contributed by atoms with van der Waals surface area (Å²) in [6.45, 7) is 5.70. The van der Waals surface area contributed by atoms with Crippen LogP contribution in [0.1, 0.15) is 25.0 Å². The fourth-order valence-electron chi connectivity index (χ4n) is 1.91. The van der Waals surface area contributed by atoms with Gasteiger partial charge in [-0.2, -0.15) is 5.26 Å². The van der Waals surface area contributed by atoms with Gasteiger partial charge in [0.15, 0.2) is 0 Å². The number of hydrogen-bond donors (Lipinski definition) is 0. The molecule has 0 atom stereocenters. The van der Waals surface area contributed by atoms with Gasteiger partial charge in [-0.05, 0) is 38.0 Å². The smallest absolute Gasteiger partial charge is 0.242 e. The van der Waals surface area contributed by atoms with Gasteiger partial charge in [-0.3, -0.25) is 4.79 Å². The van der Waals surface area contributed by atoms with Crippen molar-refractivity contribution >= 4 is 5.91 Å². The van der Waals surface area contributed by atoms with Crippen LogP contribution in [0.3, 0.4) is 0 Å². The minimum absolute atomic E-state index is 0.177. The number of carbonyl (C=O) groups excluding carboxylic acids is 1. The quantitative estimate of drug-likeness (QED) is 0.835. The lowest BCUT2D eigenvalue weighted by Crippen LogP contribution is -2.37. The second-order valence-electron chi connectivity index (χ2n) is 5.20. The lowest BCUT2D eigenvalue weighted by molar-refractivity contribution is -0.136. The van der Waals surface area contributed by atoms with E-state index in [0.29, 0.717) is 6.54 Å². The highest BCUT2D eigenvalue weighted by Gasteiger charge is 2.30. The molecule has 102 valence electrons. The third-order valence-corrected chi connectivity index (χ3v) is 3.04. The van der Waals surface area contributed by atoms with Gasteiger partial charge in [0.1, 0.15) is 11.2 Å². The lowest BCUT2D eigenvalue weighted by atomic mass is 9.94. The number of ether oxygens (including phenoxy) is 1. The zero-order valence-corrected chi connectivity index (χ0v) is 12.2. The third kappa shape index (κ3) is 3.47. The van der Waals surface area contributed by atoms with Gasteiger partial charge in [-0.1, -0.05) is 12.1 Å². The number of rotatable bonds is 4. The zero-order valence-electron chi connectivity index (χ0n) is 12.2. The Morgan fingerprint density at radius 2 is 2.11 bits per heavy atom. The number of methoxy groups -OCH3 is 1. The molecule has 0 aliphatic rings. The molecule has 4 heteroatoms. The molecule has 4 nitrogen and oxygen atoms in total. The molecular formula is C15H20N2O2. The Bertz CT molecular complexity index is 515. The maximum Gasteiger partial charge on any atom is 0.242 e. The Kier molecular flexibility index (Phi) is 4.55. The van der Waals surface area contributed by atoms with E-state index in [1.807, 2.05) is 31.2 Å². The predicted octanol–water partition coefficient (Wildman–Crippen LogP) is 2.51. The monoisotopic (exact) mass is 260 g/mol. The van der Waals surface area contributed by atoms with Crippen LogP contribution in [0.2, 0.25) is 0 Å². The molecule has 0 radical (unpaired) electrons. The van der Waals surface area contributed by atoms with Crippen LogP contribution >= 0.6 is 0 Å². The summed E-state index contributed by atoms with van der Waals surface area (Å²) in [6.07, 6.45) is 0. The molecule has 0 heterocycles. The van der Waals surface area contributed by atoms with Crippen LogP contribution in [0.15, 0.2) is 18.2 Å². The standard InChI is InChI=1S/C15H20N2O2/c1-11-8-12(6-7-13(11)19-5)9-17(4)14(18)15(2,3)10-16/h6-8H,9H2,1-5H3. The summed E-state index contributed by atoms with van der Waals surface area (Å²) in [5.74, 6) is 0.651. The van der Waals surface area contributed by atoms with Crippen molar-refractivity contribution in [3.8, 4) is 11.8 Å². The minimum Gasteiger partial charge on any atom is -0.496 e. The summed E-state index contributed by atoms with van der Waals surface area (Å²) in [5.41, 5.74) is 1.05. The van der Waals surface area contributed by atoms with Gasteiger partial charge in [-0.25, -0.2) is 0 Å². The van der Waals surface area contributed by atoms with Crippen molar-refractivity contribution < 1.29 is 9.53 Å². The molecule has 0 aromatic heterocycles. The first-order valence-corrected chi connectivity index (χ1v) is 6.12. The number of hydrogen-bond acceptors (Lipinski definition) is 3. The summed E-state index contributed by atoms with van der Waals surface area (Å²) in [5, 5.41) is 8.98. The van der Waals surface area contributed by atoms with E-state index >= 15 is 0 Å². The number of amides is 1. The summed E-state index contributed by atoms with van der Waals surface area (Å²) < 4.78 is 5.20. The van der Waals surface area contributed by atoms with Gasteiger partial charge in [0.25, 0.3) is 0 Å². The third-order valence-electron chi connectivity index (χ3n) is 3.04. The molecule has 1 aromatic carbocycles. The highest BCUT2D eigenvalue weighted by atomic mass is 16.5. The number of nitrogens with zero attached hydrogens (tertiary/aromatic N) is 2. The maximum absolute atomic E-state index is 12.1. The second-order valence-corrected chi connectivity index (χ2v) is 5.20. The normalized spacial score (nSPS) is 10.7. The molecular weight excluding hydrogens is 240 g/mol. The average molecular weight is 260 g/mol. The van der Waals surface area contributed by atoms with E-state index in [1.54, 1.807) is 32.9 Å². The van der Waals surface area contributed by atoms with E-state index < -0.39 is 5.41 Å². The van der Waals surface area contributed by atoms with Crippen molar-refractivity contribution in [3.63, 3.8) is 0 Å². The maximum atomic E-state index is 12.1. The van der Waals surface area contributed by atoms with Crippen molar-refractivity contribution in [2.24, 2.45) is 5.41 Å². The van der Waals surface area contributed by atoms with E-state index in [-0.39, 0.29) is 5.91 Å². The SMILES string of the molecule is COc1ccc(CN(C)C(=O)C(C)(C)C#N)cc1C. The highest BCUT2D eigenvalue weighted by Crippen LogP contribution is 2.21. The van der Waals surface area contributed by atoms with Crippen molar-refractivity contribution in [1.82, 2.24) is 4.90 Å². The molecule has 19 heavy (non-hydrogen) atoms. The lowest BCUT2D eigenvalue weighted by Gasteiger charge is -2.24. The average Bonchev–Trinajstić information content (AvgIpc) is 2.38. The molecule has 0 saturated carbocycles. The highest BCUT2D eigenvalue weighted by molar-refractivity contribution is 5.84. The van der Waals surface area contributed by atoms with Gasteiger partial charge < -0.3 is 9.64 Å². The van der Waals surface area contributed by atoms with Crippen LogP contribution in [0, 0.1) is 23.7 Å². The molecule has 0 unspecified atom stereocenters. The summed E-state index contributed by atoms with van der Waals surface area (Å²) >= 11 is 0. The fraction of sp³-hybridized carbons (Fsp3) is 0.467. The Labute approximate surface area is 114 Å². The first-order chi connectivity index (χ1) is 8.81. The summed E-state index contributed by atoms with van der Waals surface area (Å²) in [6, 6.07) is 7.83. The molecule has 1 rings (SSSR count). The Morgan fingerprint density at radius 1 is 1.47 bits per heavy atom. The first kappa shape index (κ1) is 15.0. The van der Waals surface area contributed by atoms with Gasteiger partial charge in [-0.15, -0.1) is 0 Å². The fourth-order valence-corrected chi connectivity index (χ4v) is 1.91. The Morgan fingerprint density at radius 3 is 2.58 bits per heavy atom. The molecule has 1 amide bonds. The minimum atomic E-state index is -0.990. The molecule has 0 aliphatic heterocycles. The molecule has 1 aromatic rings. The van der Waals surface area contributed by atoms with Crippen molar-refractivity contribution in [3.05, 3.63) is 29.3 Å². The van der Waals surface area contributed by atoms with Crippen LogP contribution in [0.25, 0.3) is 0 Å². The molecule has 0 N–H and O–H groups in total. The van der Waals surface area contributed by atoms with Crippen LogP contribution in [-0.4, -0.2) is 25.0 Å². The Hall–Kier alpha value is -2.02. The molecule has 0 spiro atoms. The number of benzene rings is 1. The number of carbonyl (C=O) groups is 1. The largest absolute Gasteiger partial charge is 0.496 e. The number of nitriles is 1. The number of aryl methyl sites for hydroxylation is 1. The van der Waals surface area contributed by atoms with Gasteiger partial charge in [0.05, 0.1) is 13.2 Å². The van der Waals surface area contributed by atoms with E-state index in [9.17, 15) is 4.79 Å². The van der Waals surface area contributed by atoms with Gasteiger partial charge >= 0.3 is 0 Å². The second kappa shape index (κ2) is 5.75. The summed E-state index contributed by atoms with van der Waals surface area (Å²) in [4.78, 5) is 13.7. The van der Waals surface area contributed by atoms with Crippen LogP contribution < -0.4 is 4.74 Å². The Balaban J connectivity index is 2.84. The van der Waals surface area contributed by atoms with E-state index in [4.69, 9.17) is 10.00 Å². The topological polar surface area (TPSA) is 53.3 Å². The molecule has 0 bridgehead atoms.